The van der Waals surface area contributed by atoms with Crippen LogP contribution in [-0.4, -0.2) is 29.7 Å². The van der Waals surface area contributed by atoms with Crippen LogP contribution >= 0.6 is 0 Å². The number of H-pyrrole nitrogens is 1. The monoisotopic (exact) mass is 245 g/mol. The number of nitrogens with two attached hydrogens (primary N) is 1. The summed E-state index contributed by atoms with van der Waals surface area (Å²) >= 11 is 0. The summed E-state index contributed by atoms with van der Waals surface area (Å²) in [6.45, 7) is 1.06. The van der Waals surface area contributed by atoms with Crippen molar-refractivity contribution < 1.29 is 14.3 Å². The summed E-state index contributed by atoms with van der Waals surface area (Å²) in [7, 11) is 0. The van der Waals surface area contributed by atoms with E-state index in [0.717, 1.165) is 5.56 Å². The standard InChI is InChI=1S/C12H11N3O3/c13-12-8(6-16)11(14-15-12)7-1-2-9-10(5-7)18-4-3-17-9/h1-2,5-6H,3-4H2,(H3,13,14,15). The molecule has 0 saturated heterocycles. The maximum atomic E-state index is 11.0. The maximum absolute atomic E-state index is 11.0. The summed E-state index contributed by atoms with van der Waals surface area (Å²) in [5, 5.41) is 6.57. The fraction of sp³-hybridized carbons (Fsp3) is 0.167. The molecule has 0 fully saturated rings. The molecule has 0 amide bonds. The van der Waals surface area contributed by atoms with Gasteiger partial charge in [0.05, 0.1) is 11.3 Å². The van der Waals surface area contributed by atoms with Crippen molar-refractivity contribution in [3.8, 4) is 22.8 Å². The Morgan fingerprint density at radius 2 is 2.06 bits per heavy atom. The zero-order valence-corrected chi connectivity index (χ0v) is 9.47. The Kier molecular flexibility index (Phi) is 2.40. The molecule has 2 aromatic rings. The Labute approximate surface area is 103 Å². The Morgan fingerprint density at radius 3 is 2.83 bits per heavy atom. The van der Waals surface area contributed by atoms with Gasteiger partial charge in [-0.1, -0.05) is 0 Å². The summed E-state index contributed by atoms with van der Waals surface area (Å²) < 4.78 is 10.9. The van der Waals surface area contributed by atoms with Gasteiger partial charge < -0.3 is 15.2 Å². The minimum atomic E-state index is 0.190. The quantitative estimate of drug-likeness (QED) is 0.777. The molecule has 6 heteroatoms. The van der Waals surface area contributed by atoms with Crippen LogP contribution in [0.4, 0.5) is 5.82 Å². The van der Waals surface area contributed by atoms with Crippen LogP contribution in [0.5, 0.6) is 11.5 Å². The average Bonchev–Trinajstić information content (AvgIpc) is 2.79. The second-order valence-corrected chi connectivity index (χ2v) is 3.87. The molecule has 0 radical (unpaired) electrons. The van der Waals surface area contributed by atoms with Crippen molar-refractivity contribution >= 4 is 12.1 Å². The number of benzene rings is 1. The van der Waals surface area contributed by atoms with Gasteiger partial charge >= 0.3 is 0 Å². The molecular weight excluding hydrogens is 234 g/mol. The molecule has 2 heterocycles. The highest BCUT2D eigenvalue weighted by Gasteiger charge is 2.16. The van der Waals surface area contributed by atoms with Crippen LogP contribution in [0.15, 0.2) is 18.2 Å². The van der Waals surface area contributed by atoms with E-state index in [9.17, 15) is 4.79 Å². The predicted octanol–water partition coefficient (Wildman–Crippen LogP) is 1.24. The van der Waals surface area contributed by atoms with Gasteiger partial charge in [-0.15, -0.1) is 0 Å². The third kappa shape index (κ3) is 1.58. The summed E-state index contributed by atoms with van der Waals surface area (Å²) in [5.41, 5.74) is 7.32. The topological polar surface area (TPSA) is 90.2 Å². The molecule has 0 aliphatic carbocycles. The van der Waals surface area contributed by atoms with E-state index in [4.69, 9.17) is 15.2 Å². The minimum Gasteiger partial charge on any atom is -0.486 e. The van der Waals surface area contributed by atoms with E-state index in [2.05, 4.69) is 10.2 Å². The molecule has 3 N–H and O–H groups in total. The van der Waals surface area contributed by atoms with Gasteiger partial charge in [-0.3, -0.25) is 9.89 Å². The van der Waals surface area contributed by atoms with Crippen LogP contribution in [0.2, 0.25) is 0 Å². The Hall–Kier alpha value is -2.50. The molecule has 18 heavy (non-hydrogen) atoms. The lowest BCUT2D eigenvalue weighted by Crippen LogP contribution is -2.15. The molecule has 1 aromatic carbocycles. The third-order valence-electron chi connectivity index (χ3n) is 2.78. The number of rotatable bonds is 2. The molecule has 1 aliphatic heterocycles. The van der Waals surface area contributed by atoms with Crippen molar-refractivity contribution in [2.45, 2.75) is 0 Å². The number of hydrogen-bond acceptors (Lipinski definition) is 5. The first-order chi connectivity index (χ1) is 8.79. The molecule has 0 unspecified atom stereocenters. The molecule has 92 valence electrons. The highest BCUT2D eigenvalue weighted by Crippen LogP contribution is 2.35. The number of ether oxygens (including phenoxy) is 2. The van der Waals surface area contributed by atoms with Gasteiger partial charge in [0.15, 0.2) is 23.6 Å². The van der Waals surface area contributed by atoms with Gasteiger partial charge in [0.25, 0.3) is 0 Å². The number of aromatic nitrogens is 2. The first-order valence-corrected chi connectivity index (χ1v) is 5.48. The second kappa shape index (κ2) is 4.06. The van der Waals surface area contributed by atoms with Crippen LogP contribution in [-0.2, 0) is 0 Å². The first-order valence-electron chi connectivity index (χ1n) is 5.48. The van der Waals surface area contributed by atoms with Crippen molar-refractivity contribution in [1.29, 1.82) is 0 Å². The summed E-state index contributed by atoms with van der Waals surface area (Å²) in [6.07, 6.45) is 0.685. The lowest BCUT2D eigenvalue weighted by Gasteiger charge is -2.18. The van der Waals surface area contributed by atoms with Gasteiger partial charge in [0.2, 0.25) is 0 Å². The van der Waals surface area contributed by atoms with Gasteiger partial charge in [0, 0.05) is 5.56 Å². The second-order valence-electron chi connectivity index (χ2n) is 3.87. The van der Waals surface area contributed by atoms with Gasteiger partial charge in [0.1, 0.15) is 13.2 Å². The predicted molar refractivity (Wildman–Crippen MR) is 64.8 cm³/mol. The Balaban J connectivity index is 2.09. The number of nitrogen functional groups attached to an aromatic ring is 1. The lowest BCUT2D eigenvalue weighted by molar-refractivity contribution is 0.112. The van der Waals surface area contributed by atoms with E-state index in [1.165, 1.54) is 0 Å². The fourth-order valence-electron chi connectivity index (χ4n) is 1.90. The zero-order chi connectivity index (χ0) is 12.5. The van der Waals surface area contributed by atoms with E-state index in [0.29, 0.717) is 42.3 Å². The molecule has 3 rings (SSSR count). The molecular formula is C12H11N3O3. The molecule has 0 spiro atoms. The van der Waals surface area contributed by atoms with E-state index < -0.39 is 0 Å². The van der Waals surface area contributed by atoms with Gasteiger partial charge in [-0.25, -0.2) is 0 Å². The number of aromatic amines is 1. The number of hydrogen-bond donors (Lipinski definition) is 2. The normalized spacial score (nSPS) is 13.3. The van der Waals surface area contributed by atoms with Gasteiger partial charge in [-0.2, -0.15) is 5.10 Å². The van der Waals surface area contributed by atoms with Crippen LogP contribution in [0.3, 0.4) is 0 Å². The number of nitrogens with one attached hydrogen (secondary N) is 1. The minimum absolute atomic E-state index is 0.190. The van der Waals surface area contributed by atoms with Crippen LogP contribution in [0, 0.1) is 0 Å². The summed E-state index contributed by atoms with van der Waals surface area (Å²) in [6, 6.07) is 5.43. The van der Waals surface area contributed by atoms with Crippen LogP contribution in [0.1, 0.15) is 10.4 Å². The Morgan fingerprint density at radius 1 is 1.28 bits per heavy atom. The molecule has 1 aliphatic rings. The molecule has 0 atom stereocenters. The smallest absolute Gasteiger partial charge is 0.162 e. The molecule has 1 aromatic heterocycles. The zero-order valence-electron chi connectivity index (χ0n) is 9.47. The lowest BCUT2D eigenvalue weighted by atomic mass is 10.1. The van der Waals surface area contributed by atoms with E-state index in [-0.39, 0.29) is 5.82 Å². The largest absolute Gasteiger partial charge is 0.486 e. The maximum Gasteiger partial charge on any atom is 0.162 e. The van der Waals surface area contributed by atoms with Crippen molar-refractivity contribution in [2.24, 2.45) is 0 Å². The number of fused-ring (bicyclic) bond motifs is 1. The number of carbonyl (C=O) groups excluding carboxylic acids is 1. The average molecular weight is 245 g/mol. The summed E-state index contributed by atoms with van der Waals surface area (Å²) in [5.74, 6) is 1.55. The van der Waals surface area contributed by atoms with Crippen molar-refractivity contribution in [3.63, 3.8) is 0 Å². The van der Waals surface area contributed by atoms with Crippen LogP contribution < -0.4 is 15.2 Å². The third-order valence-corrected chi connectivity index (χ3v) is 2.78. The van der Waals surface area contributed by atoms with Crippen molar-refractivity contribution in [2.75, 3.05) is 18.9 Å². The SMILES string of the molecule is Nc1n[nH]c(-c2ccc3c(c2)OCCO3)c1C=O. The highest BCUT2D eigenvalue weighted by atomic mass is 16.6. The highest BCUT2D eigenvalue weighted by molar-refractivity contribution is 5.91. The molecule has 0 saturated carbocycles. The number of aldehydes is 1. The van der Waals surface area contributed by atoms with E-state index in [1.807, 2.05) is 6.07 Å². The van der Waals surface area contributed by atoms with Gasteiger partial charge in [-0.05, 0) is 18.2 Å². The number of nitrogens with zero attached hydrogens (tertiary/aromatic N) is 1. The van der Waals surface area contributed by atoms with E-state index >= 15 is 0 Å². The first kappa shape index (κ1) is 10.6. The van der Waals surface area contributed by atoms with Crippen molar-refractivity contribution in [1.82, 2.24) is 10.2 Å². The number of anilines is 1. The van der Waals surface area contributed by atoms with E-state index in [1.54, 1.807) is 12.1 Å². The Bertz CT molecular complexity index is 607. The molecule has 6 nitrogen and oxygen atoms in total. The number of carbonyl (C=O) groups is 1. The van der Waals surface area contributed by atoms with Crippen molar-refractivity contribution in [3.05, 3.63) is 23.8 Å². The van der Waals surface area contributed by atoms with Crippen LogP contribution in [0.25, 0.3) is 11.3 Å². The fourth-order valence-corrected chi connectivity index (χ4v) is 1.90. The molecule has 0 bridgehead atoms. The summed E-state index contributed by atoms with van der Waals surface area (Å²) in [4.78, 5) is 11.0.